The van der Waals surface area contributed by atoms with Crippen LogP contribution in [0.5, 0.6) is 5.75 Å². The number of carboxylic acids is 1. The minimum Gasteiger partial charge on any atom is -0.492 e. The van der Waals surface area contributed by atoms with Crippen LogP contribution in [0.15, 0.2) is 82.8 Å². The van der Waals surface area contributed by atoms with E-state index >= 15 is 0 Å². The molecular formula is C33H37F3N6O5S. The Labute approximate surface area is 276 Å². The fraction of sp³-hybridized carbons (Fsp3) is 0.333. The summed E-state index contributed by atoms with van der Waals surface area (Å²) in [7, 11) is -3.75. The molecule has 4 aromatic rings. The maximum atomic E-state index is 13.2. The van der Waals surface area contributed by atoms with E-state index in [1.54, 1.807) is 26.0 Å². The molecule has 0 amide bonds. The standard InChI is InChI=1S/C31H36N6O3S.C2HF3O2/c1-5-36(6-2)17-18-40-26-14-10-11-23(19-26)29-33-21-31(35-29,24-12-8-7-9-13-24)25-15-16-27-28(20-25)37(30(32)34-27)41(38,39)22(3)4;3-2(4,5)1(6)7/h7-16,19-22H,5-6,17-18H2,1-4H3,(H2,32,34);(H,6,7). The summed E-state index contributed by atoms with van der Waals surface area (Å²) >= 11 is 0. The van der Waals surface area contributed by atoms with Crippen molar-refractivity contribution in [1.82, 2.24) is 13.9 Å². The number of benzene rings is 3. The zero-order chi connectivity index (χ0) is 35.3. The van der Waals surface area contributed by atoms with Crippen LogP contribution in [-0.2, 0) is 20.4 Å². The SMILES string of the molecule is CCN(CC)CCOc1cccc(C2=NC(c3ccccc3)(c3ccc4nc(N)n(S(=O)(=O)C(C)C)c4c3)C=N2)c1.O=C(O)C(F)(F)F. The second-order valence-corrected chi connectivity index (χ2v) is 13.4. The van der Waals surface area contributed by atoms with E-state index in [2.05, 4.69) is 23.7 Å². The molecule has 1 aliphatic heterocycles. The minimum absolute atomic E-state index is 0.0679. The van der Waals surface area contributed by atoms with Crippen molar-refractivity contribution in [3.8, 4) is 5.75 Å². The molecule has 5 rings (SSSR count). The number of alkyl halides is 3. The quantitative estimate of drug-likeness (QED) is 0.215. The molecule has 3 aromatic carbocycles. The number of nitrogen functional groups attached to an aromatic ring is 1. The van der Waals surface area contributed by atoms with Gasteiger partial charge in [-0.3, -0.25) is 0 Å². The highest BCUT2D eigenvalue weighted by Crippen LogP contribution is 2.38. The van der Waals surface area contributed by atoms with Crippen molar-refractivity contribution in [2.75, 3.05) is 32.0 Å². The molecule has 15 heteroatoms. The van der Waals surface area contributed by atoms with Crippen molar-refractivity contribution in [2.24, 2.45) is 9.98 Å². The van der Waals surface area contributed by atoms with Crippen LogP contribution in [0.3, 0.4) is 0 Å². The number of halogens is 3. The number of carboxylic acid groups (broad SMARTS) is 1. The molecule has 1 atom stereocenters. The van der Waals surface area contributed by atoms with E-state index in [1.807, 2.05) is 66.9 Å². The van der Waals surface area contributed by atoms with Gasteiger partial charge >= 0.3 is 12.1 Å². The van der Waals surface area contributed by atoms with Crippen molar-refractivity contribution in [3.63, 3.8) is 0 Å². The Balaban J connectivity index is 0.000000671. The van der Waals surface area contributed by atoms with E-state index in [9.17, 15) is 21.6 Å². The highest BCUT2D eigenvalue weighted by Gasteiger charge is 2.39. The molecule has 48 heavy (non-hydrogen) atoms. The van der Waals surface area contributed by atoms with Gasteiger partial charge in [0.25, 0.3) is 0 Å². The molecule has 0 saturated carbocycles. The third-order valence-corrected chi connectivity index (χ3v) is 9.79. The number of likely N-dealkylation sites (N-methyl/N-ethyl adjacent to an activating group) is 1. The number of rotatable bonds is 11. The summed E-state index contributed by atoms with van der Waals surface area (Å²) in [5, 5.41) is 6.45. The van der Waals surface area contributed by atoms with Crippen molar-refractivity contribution < 1.29 is 36.2 Å². The molecule has 0 aliphatic carbocycles. The van der Waals surface area contributed by atoms with Gasteiger partial charge in [0.15, 0.2) is 5.84 Å². The summed E-state index contributed by atoms with van der Waals surface area (Å²) in [5.41, 5.74) is 8.51. The van der Waals surface area contributed by atoms with Crippen LogP contribution in [0.4, 0.5) is 19.1 Å². The summed E-state index contributed by atoms with van der Waals surface area (Å²) in [6.45, 7) is 10.9. The number of aliphatic carboxylic acids is 1. The van der Waals surface area contributed by atoms with Crippen LogP contribution in [-0.4, -0.2) is 83.1 Å². The Bertz CT molecular complexity index is 1920. The number of amidine groups is 1. The monoisotopic (exact) mass is 686 g/mol. The number of imidazole rings is 1. The molecule has 0 spiro atoms. The second kappa shape index (κ2) is 14.6. The number of carbonyl (C=O) groups is 1. The van der Waals surface area contributed by atoms with E-state index in [4.69, 9.17) is 30.4 Å². The Morgan fingerprint density at radius 2 is 1.69 bits per heavy atom. The lowest BCUT2D eigenvalue weighted by Gasteiger charge is -2.24. The lowest BCUT2D eigenvalue weighted by molar-refractivity contribution is -0.192. The highest BCUT2D eigenvalue weighted by atomic mass is 32.2. The van der Waals surface area contributed by atoms with Gasteiger partial charge in [0, 0.05) is 18.3 Å². The predicted molar refractivity (Wildman–Crippen MR) is 179 cm³/mol. The lowest BCUT2D eigenvalue weighted by atomic mass is 9.84. The summed E-state index contributed by atoms with van der Waals surface area (Å²) in [6.07, 6.45) is -3.27. The number of hydrogen-bond donors (Lipinski definition) is 2. The number of ether oxygens (including phenoxy) is 1. The third-order valence-electron chi connectivity index (χ3n) is 7.70. The Morgan fingerprint density at radius 1 is 1.02 bits per heavy atom. The minimum atomic E-state index is -5.08. The topological polar surface area (TPSA) is 152 Å². The fourth-order valence-electron chi connectivity index (χ4n) is 5.00. The number of aromatic nitrogens is 2. The van der Waals surface area contributed by atoms with Gasteiger partial charge in [-0.2, -0.15) is 13.2 Å². The van der Waals surface area contributed by atoms with Gasteiger partial charge in [0.05, 0.1) is 16.3 Å². The average Bonchev–Trinajstić information content (AvgIpc) is 3.65. The van der Waals surface area contributed by atoms with Crippen LogP contribution < -0.4 is 10.5 Å². The summed E-state index contributed by atoms with van der Waals surface area (Å²) in [6, 6.07) is 23.1. The first-order chi connectivity index (χ1) is 22.6. The normalized spacial score (nSPS) is 16.2. The molecule has 11 nitrogen and oxygen atoms in total. The predicted octanol–water partition coefficient (Wildman–Crippen LogP) is 5.33. The molecule has 2 heterocycles. The van der Waals surface area contributed by atoms with E-state index in [1.165, 1.54) is 0 Å². The molecule has 256 valence electrons. The number of anilines is 1. The van der Waals surface area contributed by atoms with E-state index in [0.717, 1.165) is 46.0 Å². The van der Waals surface area contributed by atoms with Crippen molar-refractivity contribution in [1.29, 1.82) is 0 Å². The van der Waals surface area contributed by atoms with Gasteiger partial charge < -0.3 is 20.5 Å². The maximum absolute atomic E-state index is 13.2. The first-order valence-electron chi connectivity index (χ1n) is 15.1. The van der Waals surface area contributed by atoms with Crippen LogP contribution in [0.1, 0.15) is 44.4 Å². The number of nitrogens with two attached hydrogens (primary N) is 1. The van der Waals surface area contributed by atoms with E-state index < -0.39 is 33.0 Å². The molecular weight excluding hydrogens is 649 g/mol. The first kappa shape index (κ1) is 36.1. The summed E-state index contributed by atoms with van der Waals surface area (Å²) in [4.78, 5) is 25.5. The van der Waals surface area contributed by atoms with Gasteiger partial charge in [-0.1, -0.05) is 62.4 Å². The van der Waals surface area contributed by atoms with Crippen molar-refractivity contribution >= 4 is 45.0 Å². The average molecular weight is 687 g/mol. The molecule has 0 fully saturated rings. The molecule has 0 bridgehead atoms. The number of hydrogen-bond acceptors (Lipinski definition) is 9. The zero-order valence-electron chi connectivity index (χ0n) is 26.8. The Morgan fingerprint density at radius 3 is 2.29 bits per heavy atom. The second-order valence-electron chi connectivity index (χ2n) is 11.1. The van der Waals surface area contributed by atoms with Crippen molar-refractivity contribution in [3.05, 3.63) is 89.5 Å². The van der Waals surface area contributed by atoms with Gasteiger partial charge in [-0.05, 0) is 62.3 Å². The highest BCUT2D eigenvalue weighted by molar-refractivity contribution is 7.90. The van der Waals surface area contributed by atoms with E-state index in [0.29, 0.717) is 23.5 Å². The van der Waals surface area contributed by atoms with Crippen LogP contribution in [0, 0.1) is 0 Å². The largest absolute Gasteiger partial charge is 0.492 e. The summed E-state index contributed by atoms with van der Waals surface area (Å²) in [5.74, 6) is -1.51. The van der Waals surface area contributed by atoms with Gasteiger partial charge in [0.2, 0.25) is 16.0 Å². The molecule has 0 radical (unpaired) electrons. The van der Waals surface area contributed by atoms with Crippen LogP contribution >= 0.6 is 0 Å². The Kier molecular flexibility index (Phi) is 10.9. The van der Waals surface area contributed by atoms with Crippen molar-refractivity contribution in [2.45, 2.75) is 44.7 Å². The lowest BCUT2D eigenvalue weighted by Crippen LogP contribution is -2.27. The van der Waals surface area contributed by atoms with Gasteiger partial charge in [0.1, 0.15) is 17.9 Å². The van der Waals surface area contributed by atoms with Gasteiger partial charge in [-0.15, -0.1) is 0 Å². The van der Waals surface area contributed by atoms with Crippen LogP contribution in [0.25, 0.3) is 11.0 Å². The molecule has 1 aromatic heterocycles. The molecule has 1 unspecified atom stereocenters. The number of aliphatic imine (C=N–C) groups is 2. The smallest absolute Gasteiger partial charge is 0.490 e. The van der Waals surface area contributed by atoms with Gasteiger partial charge in [-0.25, -0.2) is 32.2 Å². The third kappa shape index (κ3) is 7.68. The maximum Gasteiger partial charge on any atom is 0.490 e. The first-order valence-corrected chi connectivity index (χ1v) is 16.6. The van der Waals surface area contributed by atoms with E-state index in [-0.39, 0.29) is 5.95 Å². The fourth-order valence-corrected chi connectivity index (χ4v) is 6.14. The number of nitrogens with zero attached hydrogens (tertiary/aromatic N) is 5. The molecule has 1 aliphatic rings. The van der Waals surface area contributed by atoms with Crippen LogP contribution in [0.2, 0.25) is 0 Å². The summed E-state index contributed by atoms with van der Waals surface area (Å²) < 4.78 is 65.3. The zero-order valence-corrected chi connectivity index (χ0v) is 27.7. The molecule has 0 saturated heterocycles. The Hall–Kier alpha value is -4.76. The molecule has 3 N–H and O–H groups in total. The number of fused-ring (bicyclic) bond motifs is 1.